The predicted octanol–water partition coefficient (Wildman–Crippen LogP) is 3.66. The summed E-state index contributed by atoms with van der Waals surface area (Å²) in [6.07, 6.45) is 2.01. The van der Waals surface area contributed by atoms with Gasteiger partial charge in [0.25, 0.3) is 0 Å². The first kappa shape index (κ1) is 12.3. The van der Waals surface area contributed by atoms with E-state index >= 15 is 0 Å². The standard InChI is InChI=1S/C8H9Br2Cl2O/c1-7(2)4(3-13)5(7)8(9,10)6(11)12/h4-6H,1-2H3. The average Bonchev–Trinajstić information content (AvgIpc) is 2.53. The zero-order valence-corrected chi connectivity index (χ0v) is 11.8. The fraction of sp³-hybridized carbons (Fsp3) is 0.875. The van der Waals surface area contributed by atoms with Gasteiger partial charge in [-0.15, -0.1) is 23.2 Å². The third kappa shape index (κ3) is 1.95. The van der Waals surface area contributed by atoms with Gasteiger partial charge in [-0.1, -0.05) is 45.7 Å². The molecule has 2 unspecified atom stereocenters. The highest BCUT2D eigenvalue weighted by Crippen LogP contribution is 2.67. The van der Waals surface area contributed by atoms with Crippen molar-refractivity contribution in [2.75, 3.05) is 0 Å². The quantitative estimate of drug-likeness (QED) is 0.709. The Bertz CT molecular complexity index is 228. The second kappa shape index (κ2) is 3.66. The van der Waals surface area contributed by atoms with Gasteiger partial charge in [-0.2, -0.15) is 0 Å². The van der Waals surface area contributed by atoms with Crippen LogP contribution in [0.15, 0.2) is 0 Å². The zero-order valence-electron chi connectivity index (χ0n) is 7.15. The van der Waals surface area contributed by atoms with E-state index in [-0.39, 0.29) is 17.3 Å². The predicted molar refractivity (Wildman–Crippen MR) is 62.5 cm³/mol. The minimum atomic E-state index is -0.602. The van der Waals surface area contributed by atoms with Gasteiger partial charge in [0, 0.05) is 11.8 Å². The lowest BCUT2D eigenvalue weighted by Gasteiger charge is -2.23. The van der Waals surface area contributed by atoms with E-state index in [0.717, 1.165) is 0 Å². The number of halogens is 4. The van der Waals surface area contributed by atoms with Crippen LogP contribution in [0.1, 0.15) is 13.8 Å². The molecule has 0 aromatic rings. The highest BCUT2D eigenvalue weighted by atomic mass is 79.9. The van der Waals surface area contributed by atoms with Gasteiger partial charge in [-0.25, -0.2) is 0 Å². The molecule has 5 heteroatoms. The Kier molecular flexibility index (Phi) is 3.45. The Morgan fingerprint density at radius 2 is 1.92 bits per heavy atom. The lowest BCUT2D eigenvalue weighted by molar-refractivity contribution is 0.523. The van der Waals surface area contributed by atoms with Crippen LogP contribution < -0.4 is 0 Å². The summed E-state index contributed by atoms with van der Waals surface area (Å²) in [5.74, 6) is -0.0243. The van der Waals surface area contributed by atoms with E-state index in [9.17, 15) is 4.79 Å². The summed E-state index contributed by atoms with van der Waals surface area (Å²) in [5.41, 5.74) is -0.0865. The normalized spacial score (nSPS) is 31.9. The van der Waals surface area contributed by atoms with Gasteiger partial charge in [0.1, 0.15) is 8.07 Å². The Labute approximate surface area is 105 Å². The molecule has 0 aromatic carbocycles. The molecule has 1 radical (unpaired) electrons. The molecule has 0 amide bonds. The minimum Gasteiger partial charge on any atom is -0.291 e. The van der Waals surface area contributed by atoms with Crippen molar-refractivity contribution in [2.24, 2.45) is 17.3 Å². The molecule has 13 heavy (non-hydrogen) atoms. The number of alkyl halides is 4. The van der Waals surface area contributed by atoms with E-state index in [2.05, 4.69) is 31.9 Å². The molecule has 1 aliphatic rings. The van der Waals surface area contributed by atoms with E-state index in [4.69, 9.17) is 23.2 Å². The van der Waals surface area contributed by atoms with Gasteiger partial charge in [0.2, 0.25) is 6.29 Å². The van der Waals surface area contributed by atoms with Crippen molar-refractivity contribution < 1.29 is 4.79 Å². The lowest BCUT2D eigenvalue weighted by atomic mass is 10.1. The lowest BCUT2D eigenvalue weighted by Crippen LogP contribution is -2.26. The molecule has 0 aliphatic heterocycles. The zero-order chi connectivity index (χ0) is 10.4. The second-order valence-electron chi connectivity index (χ2n) is 3.87. The van der Waals surface area contributed by atoms with Crippen molar-refractivity contribution in [3.8, 4) is 0 Å². The molecular weight excluding hydrogens is 343 g/mol. The average molecular weight is 352 g/mol. The van der Waals surface area contributed by atoms with Gasteiger partial charge >= 0.3 is 0 Å². The van der Waals surface area contributed by atoms with E-state index in [1.807, 2.05) is 20.1 Å². The Balaban J connectivity index is 2.82. The van der Waals surface area contributed by atoms with Gasteiger partial charge in [0.15, 0.2) is 0 Å². The molecule has 1 rings (SSSR count). The molecule has 0 bridgehead atoms. The van der Waals surface area contributed by atoms with Crippen molar-refractivity contribution in [1.29, 1.82) is 0 Å². The molecule has 0 aromatic heterocycles. The van der Waals surface area contributed by atoms with E-state index in [0.29, 0.717) is 0 Å². The van der Waals surface area contributed by atoms with Gasteiger partial charge < -0.3 is 0 Å². The third-order valence-electron chi connectivity index (χ3n) is 2.66. The highest BCUT2D eigenvalue weighted by Gasteiger charge is 2.67. The van der Waals surface area contributed by atoms with Crippen molar-refractivity contribution in [3.05, 3.63) is 0 Å². The van der Waals surface area contributed by atoms with E-state index in [1.54, 1.807) is 0 Å². The Hall–Kier alpha value is 1.21. The minimum absolute atomic E-state index is 0.0810. The summed E-state index contributed by atoms with van der Waals surface area (Å²) >= 11 is 18.4. The molecule has 75 valence electrons. The van der Waals surface area contributed by atoms with Crippen LogP contribution in [0.25, 0.3) is 0 Å². The molecule has 0 N–H and O–H groups in total. The molecule has 1 aliphatic carbocycles. The monoisotopic (exact) mass is 349 g/mol. The summed E-state index contributed by atoms with van der Waals surface area (Å²) in [7, 11) is 0. The Morgan fingerprint density at radius 3 is 2.15 bits per heavy atom. The molecule has 1 saturated carbocycles. The van der Waals surface area contributed by atoms with Gasteiger partial charge in [-0.3, -0.25) is 4.79 Å². The maximum Gasteiger partial charge on any atom is 0.202 e. The van der Waals surface area contributed by atoms with E-state index in [1.165, 1.54) is 0 Å². The van der Waals surface area contributed by atoms with Gasteiger partial charge in [0.05, 0.1) is 0 Å². The van der Waals surface area contributed by atoms with Crippen LogP contribution >= 0.6 is 55.1 Å². The van der Waals surface area contributed by atoms with Crippen LogP contribution in [0.4, 0.5) is 0 Å². The molecular formula is C8H9Br2Cl2O. The molecule has 0 heterocycles. The number of hydrogen-bond donors (Lipinski definition) is 0. The first-order valence-corrected chi connectivity index (χ1v) is 6.25. The maximum absolute atomic E-state index is 10.6. The first-order chi connectivity index (χ1) is 5.76. The molecule has 1 nitrogen and oxygen atoms in total. The third-order valence-corrected chi connectivity index (χ3v) is 6.30. The summed E-state index contributed by atoms with van der Waals surface area (Å²) in [6.45, 7) is 4.00. The van der Waals surface area contributed by atoms with Crippen molar-refractivity contribution >= 4 is 61.3 Å². The van der Waals surface area contributed by atoms with E-state index < -0.39 is 8.07 Å². The molecule has 2 atom stereocenters. The van der Waals surface area contributed by atoms with Crippen LogP contribution in [-0.4, -0.2) is 14.4 Å². The number of hydrogen-bond acceptors (Lipinski definition) is 1. The van der Waals surface area contributed by atoms with Crippen LogP contribution in [0.2, 0.25) is 0 Å². The highest BCUT2D eigenvalue weighted by molar-refractivity contribution is 9.25. The van der Waals surface area contributed by atoms with Crippen molar-refractivity contribution in [1.82, 2.24) is 0 Å². The Morgan fingerprint density at radius 1 is 1.46 bits per heavy atom. The fourth-order valence-corrected chi connectivity index (χ4v) is 3.69. The van der Waals surface area contributed by atoms with Gasteiger partial charge in [-0.05, 0) is 5.41 Å². The maximum atomic E-state index is 10.6. The summed E-state index contributed by atoms with van der Waals surface area (Å²) in [6, 6.07) is 0. The number of rotatable bonds is 3. The van der Waals surface area contributed by atoms with Crippen LogP contribution in [0, 0.1) is 17.3 Å². The molecule has 0 spiro atoms. The second-order valence-corrected chi connectivity index (χ2v) is 8.65. The van der Waals surface area contributed by atoms with Crippen LogP contribution in [0.3, 0.4) is 0 Å². The largest absolute Gasteiger partial charge is 0.291 e. The molecule has 1 fully saturated rings. The SMILES string of the molecule is CC1(C)C([C]=O)C1C(Br)(Br)C(Cl)Cl. The summed E-state index contributed by atoms with van der Waals surface area (Å²) in [4.78, 5) is 10.0. The molecule has 0 saturated heterocycles. The number of carbonyl (C=O) groups excluding carboxylic acids is 1. The topological polar surface area (TPSA) is 17.1 Å². The van der Waals surface area contributed by atoms with Crippen LogP contribution in [-0.2, 0) is 4.79 Å². The van der Waals surface area contributed by atoms with Crippen molar-refractivity contribution in [3.63, 3.8) is 0 Å². The van der Waals surface area contributed by atoms with Crippen LogP contribution in [0.5, 0.6) is 0 Å². The van der Waals surface area contributed by atoms with Crippen molar-refractivity contribution in [2.45, 2.75) is 21.9 Å². The smallest absolute Gasteiger partial charge is 0.202 e. The fourth-order valence-electron chi connectivity index (χ4n) is 1.71. The first-order valence-electron chi connectivity index (χ1n) is 3.80. The summed E-state index contributed by atoms with van der Waals surface area (Å²) in [5, 5.41) is 0. The summed E-state index contributed by atoms with van der Waals surface area (Å²) < 4.78 is -0.589.